The molecule has 3 aromatic rings. The van der Waals surface area contributed by atoms with Gasteiger partial charge in [-0.2, -0.15) is 4.99 Å². The second-order valence-electron chi connectivity index (χ2n) is 6.26. The van der Waals surface area contributed by atoms with E-state index in [1.54, 1.807) is 41.8 Å². The highest BCUT2D eigenvalue weighted by Gasteiger charge is 2.15. The predicted molar refractivity (Wildman–Crippen MR) is 121 cm³/mol. The first-order valence-corrected chi connectivity index (χ1v) is 10.6. The molecule has 0 spiro atoms. The molecule has 3 rings (SSSR count). The monoisotopic (exact) mass is 460 g/mol. The zero-order valence-electron chi connectivity index (χ0n) is 17.3. The Morgan fingerprint density at radius 3 is 2.55 bits per heavy atom. The number of hydrogen-bond donors (Lipinski definition) is 0. The van der Waals surface area contributed by atoms with Crippen molar-refractivity contribution in [2.24, 2.45) is 4.99 Å². The Bertz CT molecular complexity index is 1210. The minimum atomic E-state index is -0.483. The molecule has 1 aromatic heterocycles. The smallest absolute Gasteiger partial charge is 0.326 e. The number of rotatable bonds is 7. The number of esters is 1. The van der Waals surface area contributed by atoms with Crippen LogP contribution in [0.25, 0.3) is 16.3 Å². The lowest BCUT2D eigenvalue weighted by atomic mass is 10.2. The molecule has 0 atom stereocenters. The van der Waals surface area contributed by atoms with Crippen LogP contribution in [0.15, 0.2) is 47.5 Å². The molecule has 0 aliphatic rings. The van der Waals surface area contributed by atoms with Gasteiger partial charge in [-0.3, -0.25) is 9.59 Å². The summed E-state index contributed by atoms with van der Waals surface area (Å²) < 4.78 is 18.2. The molecule has 9 heteroatoms. The maximum atomic E-state index is 12.5. The normalized spacial score (nSPS) is 11.8. The van der Waals surface area contributed by atoms with Gasteiger partial charge in [0.2, 0.25) is 0 Å². The molecule has 0 aliphatic heterocycles. The van der Waals surface area contributed by atoms with Gasteiger partial charge in [0.05, 0.1) is 31.0 Å². The summed E-state index contributed by atoms with van der Waals surface area (Å²) in [5.74, 6) is 0.124. The van der Waals surface area contributed by atoms with E-state index >= 15 is 0 Å². The van der Waals surface area contributed by atoms with Crippen molar-refractivity contribution in [3.8, 4) is 11.5 Å². The molecule has 31 heavy (non-hydrogen) atoms. The summed E-state index contributed by atoms with van der Waals surface area (Å²) in [4.78, 5) is 29.2. The number of benzene rings is 2. The van der Waals surface area contributed by atoms with E-state index in [1.165, 1.54) is 31.6 Å². The van der Waals surface area contributed by atoms with Crippen LogP contribution in [0.1, 0.15) is 12.5 Å². The van der Waals surface area contributed by atoms with E-state index in [-0.39, 0.29) is 13.2 Å². The second kappa shape index (κ2) is 10.3. The molecule has 0 unspecified atom stereocenters. The number of methoxy groups -OCH3 is 2. The van der Waals surface area contributed by atoms with Crippen molar-refractivity contribution in [1.82, 2.24) is 4.57 Å². The fourth-order valence-corrected chi connectivity index (χ4v) is 4.12. The van der Waals surface area contributed by atoms with Crippen molar-refractivity contribution in [3.63, 3.8) is 0 Å². The molecule has 0 saturated heterocycles. The van der Waals surface area contributed by atoms with Crippen molar-refractivity contribution in [3.05, 3.63) is 57.9 Å². The van der Waals surface area contributed by atoms with E-state index in [9.17, 15) is 9.59 Å². The Labute approximate surface area is 188 Å². The Kier molecular flexibility index (Phi) is 7.49. The van der Waals surface area contributed by atoms with Crippen LogP contribution in [-0.2, 0) is 20.9 Å². The Morgan fingerprint density at radius 1 is 1.16 bits per heavy atom. The number of nitrogens with zero attached hydrogens (tertiary/aromatic N) is 2. The SMILES string of the molecule is CCOC(=O)Cn1c(=NC(=O)/C=C/c2ccccc2Cl)sc2cc(OC)c(OC)cc21. The van der Waals surface area contributed by atoms with E-state index in [2.05, 4.69) is 4.99 Å². The van der Waals surface area contributed by atoms with Crippen molar-refractivity contribution in [2.75, 3.05) is 20.8 Å². The molecule has 162 valence electrons. The largest absolute Gasteiger partial charge is 0.493 e. The van der Waals surface area contributed by atoms with Gasteiger partial charge in [0, 0.05) is 23.2 Å². The highest BCUT2D eigenvalue weighted by molar-refractivity contribution is 7.16. The first-order valence-electron chi connectivity index (χ1n) is 9.39. The van der Waals surface area contributed by atoms with Crippen LogP contribution in [0.3, 0.4) is 0 Å². The number of carbonyl (C=O) groups is 2. The van der Waals surface area contributed by atoms with E-state index in [4.69, 9.17) is 25.8 Å². The molecule has 0 radical (unpaired) electrons. The number of aromatic nitrogens is 1. The molecule has 1 amide bonds. The minimum Gasteiger partial charge on any atom is -0.493 e. The van der Waals surface area contributed by atoms with Crippen LogP contribution < -0.4 is 14.3 Å². The van der Waals surface area contributed by atoms with Crippen LogP contribution in [0, 0.1) is 0 Å². The summed E-state index contributed by atoms with van der Waals surface area (Å²) in [6, 6.07) is 10.7. The molecule has 0 saturated carbocycles. The highest BCUT2D eigenvalue weighted by atomic mass is 35.5. The minimum absolute atomic E-state index is 0.0936. The van der Waals surface area contributed by atoms with Crippen LogP contribution in [0.2, 0.25) is 5.02 Å². The number of carbonyl (C=O) groups excluding carboxylic acids is 2. The lowest BCUT2D eigenvalue weighted by molar-refractivity contribution is -0.143. The Balaban J connectivity index is 2.07. The van der Waals surface area contributed by atoms with Crippen molar-refractivity contribution in [2.45, 2.75) is 13.5 Å². The fourth-order valence-electron chi connectivity index (χ4n) is 2.87. The zero-order valence-corrected chi connectivity index (χ0v) is 18.8. The summed E-state index contributed by atoms with van der Waals surface area (Å²) in [7, 11) is 3.07. The van der Waals surface area contributed by atoms with Crippen LogP contribution in [-0.4, -0.2) is 37.3 Å². The quantitative estimate of drug-likeness (QED) is 0.392. The topological polar surface area (TPSA) is 79.1 Å². The Hall–Kier alpha value is -3.10. The van der Waals surface area contributed by atoms with E-state index in [0.29, 0.717) is 32.4 Å². The second-order valence-corrected chi connectivity index (χ2v) is 7.67. The van der Waals surface area contributed by atoms with Gasteiger partial charge >= 0.3 is 5.97 Å². The number of amides is 1. The third-order valence-corrected chi connectivity index (χ3v) is 5.68. The molecule has 0 fully saturated rings. The number of ether oxygens (including phenoxy) is 3. The first-order chi connectivity index (χ1) is 15.0. The standard InChI is InChI=1S/C22H21ClN2O5S/c1-4-30-21(27)13-25-16-11-17(28-2)18(29-3)12-19(16)31-22(25)24-20(26)10-9-14-7-5-6-8-15(14)23/h5-12H,4,13H2,1-3H3/b10-9+,24-22?. The van der Waals surface area contributed by atoms with Gasteiger partial charge in [0.1, 0.15) is 6.54 Å². The zero-order chi connectivity index (χ0) is 22.4. The van der Waals surface area contributed by atoms with Gasteiger partial charge in [-0.1, -0.05) is 41.1 Å². The fraction of sp³-hybridized carbons (Fsp3) is 0.227. The molecule has 0 bridgehead atoms. The lowest BCUT2D eigenvalue weighted by Gasteiger charge is -2.09. The van der Waals surface area contributed by atoms with Gasteiger partial charge in [0.25, 0.3) is 5.91 Å². The summed E-state index contributed by atoms with van der Waals surface area (Å²) in [6.45, 7) is 1.89. The summed E-state index contributed by atoms with van der Waals surface area (Å²) >= 11 is 7.38. The molecule has 1 heterocycles. The van der Waals surface area contributed by atoms with Crippen LogP contribution >= 0.6 is 22.9 Å². The van der Waals surface area contributed by atoms with E-state index in [1.807, 2.05) is 12.1 Å². The van der Waals surface area contributed by atoms with Gasteiger partial charge in [-0.15, -0.1) is 0 Å². The van der Waals surface area contributed by atoms with E-state index < -0.39 is 11.9 Å². The molecule has 7 nitrogen and oxygen atoms in total. The average molecular weight is 461 g/mol. The maximum Gasteiger partial charge on any atom is 0.326 e. The average Bonchev–Trinajstić information content (AvgIpc) is 3.07. The molecule has 0 N–H and O–H groups in total. The van der Waals surface area contributed by atoms with E-state index in [0.717, 1.165) is 4.70 Å². The van der Waals surface area contributed by atoms with Crippen molar-refractivity contribution in [1.29, 1.82) is 0 Å². The number of halogens is 1. The maximum absolute atomic E-state index is 12.5. The number of fused-ring (bicyclic) bond motifs is 1. The molecule has 2 aromatic carbocycles. The number of hydrogen-bond acceptors (Lipinski definition) is 6. The molecule has 0 aliphatic carbocycles. The third kappa shape index (κ3) is 5.34. The first kappa shape index (κ1) is 22.6. The number of thiazole rings is 1. The van der Waals surface area contributed by atoms with Crippen LogP contribution in [0.4, 0.5) is 0 Å². The van der Waals surface area contributed by atoms with Gasteiger partial charge in [-0.05, 0) is 24.6 Å². The summed E-state index contributed by atoms with van der Waals surface area (Å²) in [5, 5.41) is 0.532. The Morgan fingerprint density at radius 2 is 1.87 bits per heavy atom. The van der Waals surface area contributed by atoms with Crippen LogP contribution in [0.5, 0.6) is 11.5 Å². The molecular formula is C22H21ClN2O5S. The third-order valence-electron chi connectivity index (χ3n) is 4.30. The highest BCUT2D eigenvalue weighted by Crippen LogP contribution is 2.33. The van der Waals surface area contributed by atoms with Crippen molar-refractivity contribution >= 4 is 51.1 Å². The van der Waals surface area contributed by atoms with Gasteiger partial charge in [0.15, 0.2) is 16.3 Å². The summed E-state index contributed by atoms with van der Waals surface area (Å²) in [5.41, 5.74) is 1.38. The van der Waals surface area contributed by atoms with Gasteiger partial charge < -0.3 is 18.8 Å². The van der Waals surface area contributed by atoms with Crippen molar-refractivity contribution < 1.29 is 23.8 Å². The lowest BCUT2D eigenvalue weighted by Crippen LogP contribution is -2.22. The van der Waals surface area contributed by atoms with Gasteiger partial charge in [-0.25, -0.2) is 0 Å². The predicted octanol–water partition coefficient (Wildman–Crippen LogP) is 4.08. The summed E-state index contributed by atoms with van der Waals surface area (Å²) in [6.07, 6.45) is 2.94. The molecular weight excluding hydrogens is 440 g/mol.